The minimum Gasteiger partial charge on any atom is -0.497 e. The first-order chi connectivity index (χ1) is 14.1. The highest BCUT2D eigenvalue weighted by Crippen LogP contribution is 2.41. The molecule has 0 spiro atoms. The largest absolute Gasteiger partial charge is 0.497 e. The number of nitrogens with one attached hydrogen (secondary N) is 1. The summed E-state index contributed by atoms with van der Waals surface area (Å²) in [6.07, 6.45) is 7.13. The number of halogens is 2. The molecule has 0 saturated heterocycles. The minimum atomic E-state index is 0. The smallest absolute Gasteiger partial charge is 0.223 e. The van der Waals surface area contributed by atoms with Gasteiger partial charge in [0.2, 0.25) is 11.8 Å². The zero-order valence-corrected chi connectivity index (χ0v) is 19.3. The zero-order chi connectivity index (χ0) is 20.2. The van der Waals surface area contributed by atoms with Gasteiger partial charge in [0.15, 0.2) is 0 Å². The van der Waals surface area contributed by atoms with Gasteiger partial charge in [-0.15, -0.1) is 24.8 Å². The molecule has 0 aliphatic heterocycles. The monoisotopic (exact) mass is 467 g/mol. The van der Waals surface area contributed by atoms with Crippen LogP contribution in [0, 0.1) is 17.8 Å². The molecule has 4 rings (SSSR count). The van der Waals surface area contributed by atoms with E-state index in [1.54, 1.807) is 13.3 Å². The quantitative estimate of drug-likeness (QED) is 0.652. The number of carbonyl (C=O) groups excluding carboxylic acids is 1. The van der Waals surface area contributed by atoms with Crippen LogP contribution in [0.2, 0.25) is 0 Å². The third-order valence-electron chi connectivity index (χ3n) is 6.33. The van der Waals surface area contributed by atoms with E-state index in [2.05, 4.69) is 10.3 Å². The highest BCUT2D eigenvalue weighted by Gasteiger charge is 2.40. The van der Waals surface area contributed by atoms with E-state index in [4.69, 9.17) is 15.2 Å². The lowest BCUT2D eigenvalue weighted by Gasteiger charge is -2.43. The number of carbonyl (C=O) groups is 1. The molecule has 3 N–H and O–H groups in total. The predicted molar refractivity (Wildman–Crippen MR) is 125 cm³/mol. The summed E-state index contributed by atoms with van der Waals surface area (Å²) >= 11 is 0. The van der Waals surface area contributed by atoms with Crippen LogP contribution in [-0.4, -0.2) is 24.0 Å². The van der Waals surface area contributed by atoms with Gasteiger partial charge >= 0.3 is 0 Å². The summed E-state index contributed by atoms with van der Waals surface area (Å²) in [5.41, 5.74) is 7.31. The number of methoxy groups -OCH3 is 1. The van der Waals surface area contributed by atoms with Gasteiger partial charge in [0.25, 0.3) is 0 Å². The molecule has 2 unspecified atom stereocenters. The summed E-state index contributed by atoms with van der Waals surface area (Å²) in [6, 6.07) is 11.4. The Morgan fingerprint density at radius 3 is 2.39 bits per heavy atom. The predicted octanol–water partition coefficient (Wildman–Crippen LogP) is 4.50. The second-order valence-corrected chi connectivity index (χ2v) is 8.19. The summed E-state index contributed by atoms with van der Waals surface area (Å²) < 4.78 is 11.0. The van der Waals surface area contributed by atoms with Gasteiger partial charge in [-0.25, -0.2) is 4.98 Å². The maximum absolute atomic E-state index is 12.7. The van der Waals surface area contributed by atoms with Crippen LogP contribution in [0.5, 0.6) is 17.4 Å². The van der Waals surface area contributed by atoms with Crippen molar-refractivity contribution in [3.8, 4) is 17.4 Å². The molecule has 0 radical (unpaired) electrons. The minimum absolute atomic E-state index is 0. The molecule has 1 amide bonds. The molecule has 2 fully saturated rings. The molecule has 8 heteroatoms. The summed E-state index contributed by atoms with van der Waals surface area (Å²) in [7, 11) is 1.63. The number of amides is 1. The number of nitrogens with two attached hydrogens (primary N) is 1. The molecule has 2 bridgehead atoms. The second-order valence-electron chi connectivity index (χ2n) is 8.19. The van der Waals surface area contributed by atoms with Crippen LogP contribution in [0.3, 0.4) is 0 Å². The molecular weight excluding hydrogens is 437 g/mol. The van der Waals surface area contributed by atoms with E-state index in [0.717, 1.165) is 37.0 Å². The first-order valence-corrected chi connectivity index (χ1v) is 10.4. The van der Waals surface area contributed by atoms with E-state index in [9.17, 15) is 4.79 Å². The van der Waals surface area contributed by atoms with Crippen molar-refractivity contribution in [1.82, 2.24) is 10.3 Å². The van der Waals surface area contributed by atoms with Gasteiger partial charge in [-0.05, 0) is 73.4 Å². The number of pyridine rings is 1. The van der Waals surface area contributed by atoms with Crippen molar-refractivity contribution in [3.05, 3.63) is 48.2 Å². The summed E-state index contributed by atoms with van der Waals surface area (Å²) in [5, 5.41) is 3.10. The summed E-state index contributed by atoms with van der Waals surface area (Å²) in [6.45, 7) is 0.470. The molecule has 170 valence electrons. The van der Waals surface area contributed by atoms with Crippen molar-refractivity contribution < 1.29 is 14.3 Å². The standard InChI is InChI=1S/C23H29N3O3.2ClH/c1-28-19-5-7-20(8-6-19)29-21-11-15(9-10-25-21)14-26-23(27)18-12-16-3-2-4-17(13-18)22(16)24;;/h5-11,16-18,22H,2-4,12-14,24H2,1H3,(H,26,27);2*1H. The number of nitrogens with zero attached hydrogens (tertiary/aromatic N) is 1. The lowest BCUT2D eigenvalue weighted by atomic mass is 9.65. The Kier molecular flexibility index (Phi) is 9.41. The van der Waals surface area contributed by atoms with Crippen LogP contribution in [-0.2, 0) is 11.3 Å². The average Bonchev–Trinajstić information content (AvgIpc) is 2.73. The Labute approximate surface area is 196 Å². The number of rotatable bonds is 6. The van der Waals surface area contributed by atoms with Crippen LogP contribution in [0.1, 0.15) is 37.7 Å². The van der Waals surface area contributed by atoms with E-state index in [1.165, 1.54) is 6.42 Å². The van der Waals surface area contributed by atoms with Crippen molar-refractivity contribution in [3.63, 3.8) is 0 Å². The third-order valence-corrected chi connectivity index (χ3v) is 6.33. The molecule has 1 aromatic carbocycles. The summed E-state index contributed by atoms with van der Waals surface area (Å²) in [4.78, 5) is 17.0. The second kappa shape index (κ2) is 11.6. The Balaban J connectivity index is 0.00000171. The zero-order valence-electron chi connectivity index (χ0n) is 17.7. The lowest BCUT2D eigenvalue weighted by molar-refractivity contribution is -0.128. The van der Waals surface area contributed by atoms with Gasteiger partial charge < -0.3 is 20.5 Å². The normalized spacial score (nSPS) is 24.2. The van der Waals surface area contributed by atoms with Gasteiger partial charge in [-0.2, -0.15) is 0 Å². The Bertz CT molecular complexity index is 836. The van der Waals surface area contributed by atoms with Crippen LogP contribution in [0.15, 0.2) is 42.6 Å². The lowest BCUT2D eigenvalue weighted by Crippen LogP contribution is -2.49. The van der Waals surface area contributed by atoms with Crippen molar-refractivity contribution in [2.24, 2.45) is 23.5 Å². The maximum atomic E-state index is 12.7. The van der Waals surface area contributed by atoms with Crippen molar-refractivity contribution >= 4 is 30.7 Å². The fourth-order valence-corrected chi connectivity index (χ4v) is 4.72. The Morgan fingerprint density at radius 2 is 1.74 bits per heavy atom. The SMILES string of the molecule is COc1ccc(Oc2cc(CNC(=O)C3CC4CCCC(C3)C4N)ccn2)cc1.Cl.Cl. The molecule has 31 heavy (non-hydrogen) atoms. The average molecular weight is 468 g/mol. The molecular formula is C23H31Cl2N3O3. The fraction of sp³-hybridized carbons (Fsp3) is 0.478. The third kappa shape index (κ3) is 6.25. The van der Waals surface area contributed by atoms with Crippen LogP contribution in [0.4, 0.5) is 0 Å². The molecule has 2 aliphatic carbocycles. The van der Waals surface area contributed by atoms with Gasteiger partial charge in [0, 0.05) is 30.8 Å². The number of aromatic nitrogens is 1. The number of fused-ring (bicyclic) bond motifs is 2. The number of ether oxygens (including phenoxy) is 2. The number of benzene rings is 1. The first-order valence-electron chi connectivity index (χ1n) is 10.4. The van der Waals surface area contributed by atoms with Gasteiger partial charge in [0.1, 0.15) is 11.5 Å². The van der Waals surface area contributed by atoms with E-state index >= 15 is 0 Å². The summed E-state index contributed by atoms with van der Waals surface area (Å²) in [5.74, 6) is 3.19. The van der Waals surface area contributed by atoms with E-state index in [0.29, 0.717) is 30.0 Å². The van der Waals surface area contributed by atoms with E-state index in [1.807, 2.05) is 36.4 Å². The van der Waals surface area contributed by atoms with Crippen molar-refractivity contribution in [1.29, 1.82) is 0 Å². The molecule has 1 aromatic heterocycles. The van der Waals surface area contributed by atoms with Crippen LogP contribution < -0.4 is 20.5 Å². The Hall–Kier alpha value is -2.02. The first kappa shape index (κ1) is 25.2. The van der Waals surface area contributed by atoms with Gasteiger partial charge in [0.05, 0.1) is 7.11 Å². The van der Waals surface area contributed by atoms with Crippen LogP contribution in [0.25, 0.3) is 0 Å². The highest BCUT2D eigenvalue weighted by molar-refractivity contribution is 5.85. The number of hydrogen-bond acceptors (Lipinski definition) is 5. The molecule has 2 saturated carbocycles. The van der Waals surface area contributed by atoms with Gasteiger partial charge in [-0.1, -0.05) is 6.42 Å². The molecule has 6 nitrogen and oxygen atoms in total. The van der Waals surface area contributed by atoms with Crippen molar-refractivity contribution in [2.75, 3.05) is 7.11 Å². The Morgan fingerprint density at radius 1 is 1.10 bits per heavy atom. The van der Waals surface area contributed by atoms with Gasteiger partial charge in [-0.3, -0.25) is 4.79 Å². The topological polar surface area (TPSA) is 86.5 Å². The molecule has 1 heterocycles. The fourth-order valence-electron chi connectivity index (χ4n) is 4.72. The van der Waals surface area contributed by atoms with Crippen molar-refractivity contribution in [2.45, 2.75) is 44.7 Å². The molecule has 2 aliphatic rings. The molecule has 2 aromatic rings. The van der Waals surface area contributed by atoms with E-state index < -0.39 is 0 Å². The van der Waals surface area contributed by atoms with Crippen LogP contribution >= 0.6 is 24.8 Å². The van der Waals surface area contributed by atoms with E-state index in [-0.39, 0.29) is 42.7 Å². The molecule has 2 atom stereocenters. The maximum Gasteiger partial charge on any atom is 0.223 e. The number of hydrogen-bond donors (Lipinski definition) is 2. The highest BCUT2D eigenvalue weighted by atomic mass is 35.5.